The Kier molecular flexibility index (Phi) is 10.4. The van der Waals surface area contributed by atoms with Gasteiger partial charge in [-0.2, -0.15) is 0 Å². The van der Waals surface area contributed by atoms with Gasteiger partial charge in [0.1, 0.15) is 12.3 Å². The topological polar surface area (TPSA) is 176 Å². The largest absolute Gasteiger partial charge is 0.479 e. The van der Waals surface area contributed by atoms with Gasteiger partial charge in [-0.3, -0.25) is 19.2 Å². The van der Waals surface area contributed by atoms with Crippen LogP contribution in [0.3, 0.4) is 0 Å². The summed E-state index contributed by atoms with van der Waals surface area (Å²) in [5, 5.41) is 42.5. The van der Waals surface area contributed by atoms with E-state index in [4.69, 9.17) is 4.74 Å². The lowest BCUT2D eigenvalue weighted by atomic mass is 9.44. The molecule has 8 aliphatic rings. The molecule has 0 saturated heterocycles. The molecule has 0 aliphatic heterocycles. The van der Waals surface area contributed by atoms with Crippen LogP contribution < -0.4 is 0 Å². The van der Waals surface area contributed by atoms with Crippen molar-refractivity contribution in [1.82, 2.24) is 0 Å². The molecule has 0 radical (unpaired) electrons. The van der Waals surface area contributed by atoms with Gasteiger partial charge in [-0.25, -0.2) is 22.4 Å². The first kappa shape index (κ1) is 44.9. The Hall–Kier alpha value is -3.14. The third-order valence-corrected chi connectivity index (χ3v) is 17.9. The van der Waals surface area contributed by atoms with Gasteiger partial charge in [0, 0.05) is 45.8 Å². The predicted molar refractivity (Wildman–Crippen MR) is 212 cm³/mol. The Morgan fingerprint density at radius 3 is 1.58 bits per heavy atom. The Bertz CT molecular complexity index is 2060. The fourth-order valence-corrected chi connectivity index (χ4v) is 15.0. The van der Waals surface area contributed by atoms with Crippen LogP contribution in [0.4, 0.5) is 17.6 Å². The van der Waals surface area contributed by atoms with Crippen molar-refractivity contribution < 1.29 is 66.7 Å². The molecule has 6 saturated carbocycles. The molecule has 330 valence electrons. The SMILES string of the molecule is CCC(=O)O[C@]1(C(=O)S)[C@H](C)CC2C3C[C@H](F)C4=CC(=O)C=C[C@]4(C)[C@@]3(F)[C@@H](O)C[C@@]21C.C[C@@H]1CC2C3C[C@H](F)C4=CC(=O)C=C[C@]4(C)[C@@]3(F)[C@@H](O)C[C@]2(C)[C@@]1(O)C(=O)O. The first-order chi connectivity index (χ1) is 27.6. The molecule has 0 aromatic carbocycles. The molecular weight excluding hydrogens is 809 g/mol. The summed E-state index contributed by atoms with van der Waals surface area (Å²) in [5.41, 5.74) is -13.6. The zero-order chi connectivity index (χ0) is 44.7. The number of thiol groups is 1. The number of alkyl halides is 4. The first-order valence-corrected chi connectivity index (χ1v) is 21.4. The summed E-state index contributed by atoms with van der Waals surface area (Å²) in [7, 11) is 0. The van der Waals surface area contributed by atoms with Crippen LogP contribution in [0.2, 0.25) is 0 Å². The first-order valence-electron chi connectivity index (χ1n) is 21.0. The third kappa shape index (κ3) is 5.26. The van der Waals surface area contributed by atoms with Crippen LogP contribution in [0.1, 0.15) is 93.4 Å². The highest BCUT2D eigenvalue weighted by atomic mass is 32.1. The summed E-state index contributed by atoms with van der Waals surface area (Å²) in [6.07, 6.45) is 0.833. The lowest BCUT2D eigenvalue weighted by molar-refractivity contribution is -0.229. The van der Waals surface area contributed by atoms with Crippen molar-refractivity contribution in [2.45, 2.75) is 141 Å². The number of aliphatic hydroxyl groups excluding tert-OH is 2. The molecular formula is C45H56F4O10S. The second kappa shape index (κ2) is 13.9. The molecule has 8 rings (SSSR count). The maximum Gasteiger partial charge on any atom is 0.336 e. The number of carboxylic acid groups (broad SMARTS) is 1. The van der Waals surface area contributed by atoms with Gasteiger partial charge in [-0.05, 0) is 106 Å². The number of fused-ring (bicyclic) bond motifs is 10. The van der Waals surface area contributed by atoms with Gasteiger partial charge in [0.05, 0.1) is 12.2 Å². The smallest absolute Gasteiger partial charge is 0.336 e. The predicted octanol–water partition coefficient (Wildman–Crippen LogP) is 6.07. The van der Waals surface area contributed by atoms with Crippen molar-refractivity contribution >= 4 is 41.2 Å². The van der Waals surface area contributed by atoms with Gasteiger partial charge in [0.15, 0.2) is 34.1 Å². The number of aliphatic hydroxyl groups is 3. The zero-order valence-corrected chi connectivity index (χ0v) is 35.8. The molecule has 0 spiro atoms. The number of rotatable bonds is 4. The number of allylic oxidation sites excluding steroid dienone is 8. The van der Waals surface area contributed by atoms with E-state index in [-0.39, 0.29) is 49.7 Å². The highest BCUT2D eigenvalue weighted by Crippen LogP contribution is 2.73. The van der Waals surface area contributed by atoms with Gasteiger partial charge in [0.2, 0.25) is 5.12 Å². The van der Waals surface area contributed by atoms with Gasteiger partial charge in [-0.15, -0.1) is 12.6 Å². The molecule has 18 atom stereocenters. The summed E-state index contributed by atoms with van der Waals surface area (Å²) in [4.78, 5) is 60.9. The van der Waals surface area contributed by atoms with Crippen molar-refractivity contribution in [3.8, 4) is 0 Å². The Labute approximate surface area is 352 Å². The van der Waals surface area contributed by atoms with E-state index < -0.39 is 133 Å². The van der Waals surface area contributed by atoms with Crippen LogP contribution in [0.15, 0.2) is 47.6 Å². The lowest BCUT2D eigenvalue weighted by Crippen LogP contribution is -2.70. The van der Waals surface area contributed by atoms with Crippen molar-refractivity contribution in [2.24, 2.45) is 57.2 Å². The number of hydrogen-bond donors (Lipinski definition) is 5. The number of carbonyl (C=O) groups excluding carboxylic acids is 4. The lowest BCUT2D eigenvalue weighted by Gasteiger charge is -2.63. The molecule has 0 bridgehead atoms. The van der Waals surface area contributed by atoms with E-state index >= 15 is 17.6 Å². The molecule has 0 aromatic rings. The van der Waals surface area contributed by atoms with Crippen molar-refractivity contribution in [3.05, 3.63) is 47.6 Å². The summed E-state index contributed by atoms with van der Waals surface area (Å²) < 4.78 is 70.2. The quantitative estimate of drug-likeness (QED) is 0.127. The number of aliphatic carboxylic acids is 1. The summed E-state index contributed by atoms with van der Waals surface area (Å²) >= 11 is 4.09. The van der Waals surface area contributed by atoms with E-state index in [1.165, 1.54) is 38.2 Å². The van der Waals surface area contributed by atoms with Crippen molar-refractivity contribution in [1.29, 1.82) is 0 Å². The molecule has 4 unspecified atom stereocenters. The Morgan fingerprint density at radius 1 is 0.750 bits per heavy atom. The molecule has 6 fully saturated rings. The standard InChI is InChI=1S/C24H30F2O5S.C21H26F2O5/c1-5-19(29)31-24(20(30)32)12(2)8-14-15-10-17(25)16-9-13(27)6-7-21(16,3)23(15,26)18(28)11-22(14,24)4;1-10-6-12-13-8-15(22)14-7-11(24)4-5-18(14,2)20(13,23)16(25)9-19(12,3)21(10,28)17(26)27/h6-7,9,12,14-15,17-18,28H,5,8,10-11H2,1-4H3,(H,30,32);4-5,7,10,12-13,15-16,25,28H,6,8-9H2,1-3H3,(H,26,27)/t12-,14?,15?,17+,18+,21+,22+,23+,24+;10-,12?,13?,15+,16+,18+,19+,20+,21+/m11/s1. The van der Waals surface area contributed by atoms with E-state index in [0.29, 0.717) is 6.42 Å². The average molecular weight is 865 g/mol. The number of esters is 1. The maximum absolute atomic E-state index is 17.1. The van der Waals surface area contributed by atoms with Crippen molar-refractivity contribution in [3.63, 3.8) is 0 Å². The zero-order valence-electron chi connectivity index (χ0n) is 34.9. The summed E-state index contributed by atoms with van der Waals surface area (Å²) in [6, 6.07) is 0. The Balaban J connectivity index is 0.000000183. The highest BCUT2D eigenvalue weighted by molar-refractivity contribution is 7.96. The molecule has 0 amide bonds. The van der Waals surface area contributed by atoms with Crippen LogP contribution in [-0.4, -0.2) is 96.1 Å². The summed E-state index contributed by atoms with van der Waals surface area (Å²) in [6.45, 7) is 11.3. The minimum absolute atomic E-state index is 0.0287. The van der Waals surface area contributed by atoms with E-state index in [0.717, 1.165) is 12.2 Å². The third-order valence-electron chi connectivity index (χ3n) is 17.6. The normalized spacial score (nSPS) is 52.2. The van der Waals surface area contributed by atoms with Gasteiger partial charge in [-0.1, -0.05) is 46.8 Å². The van der Waals surface area contributed by atoms with Crippen LogP contribution in [0.5, 0.6) is 0 Å². The Morgan fingerprint density at radius 2 is 1.17 bits per heavy atom. The molecule has 0 aromatic heterocycles. The highest BCUT2D eigenvalue weighted by Gasteiger charge is 2.79. The van der Waals surface area contributed by atoms with Crippen LogP contribution >= 0.6 is 12.6 Å². The van der Waals surface area contributed by atoms with Gasteiger partial charge >= 0.3 is 11.9 Å². The number of hydrogen-bond acceptors (Lipinski definition) is 9. The number of ether oxygens (including phenoxy) is 1. The second-order valence-corrected chi connectivity index (χ2v) is 20.3. The van der Waals surface area contributed by atoms with E-state index in [1.54, 1.807) is 34.6 Å². The number of ketones is 2. The van der Waals surface area contributed by atoms with E-state index in [9.17, 15) is 44.4 Å². The number of carbonyl (C=O) groups is 5. The monoisotopic (exact) mass is 864 g/mol. The van der Waals surface area contributed by atoms with Crippen LogP contribution in [0.25, 0.3) is 0 Å². The number of halogens is 4. The van der Waals surface area contributed by atoms with Crippen molar-refractivity contribution in [2.75, 3.05) is 0 Å². The molecule has 8 aliphatic carbocycles. The fraction of sp³-hybridized carbons (Fsp3) is 0.711. The van der Waals surface area contributed by atoms with E-state index in [2.05, 4.69) is 12.6 Å². The summed E-state index contributed by atoms with van der Waals surface area (Å²) in [5.74, 6) is -7.01. The van der Waals surface area contributed by atoms with Crippen LogP contribution in [-0.2, 0) is 28.7 Å². The fourth-order valence-electron chi connectivity index (χ4n) is 14.5. The minimum Gasteiger partial charge on any atom is -0.479 e. The molecule has 0 heterocycles. The van der Waals surface area contributed by atoms with Gasteiger partial charge in [0.25, 0.3) is 0 Å². The number of carboxylic acids is 1. The molecule has 10 nitrogen and oxygen atoms in total. The molecule has 4 N–H and O–H groups in total. The second-order valence-electron chi connectivity index (χ2n) is 19.9. The minimum atomic E-state index is -2.26. The molecule has 15 heteroatoms. The maximum atomic E-state index is 17.1. The van der Waals surface area contributed by atoms with Gasteiger partial charge < -0.3 is 25.2 Å². The van der Waals surface area contributed by atoms with Crippen LogP contribution in [0, 0.1) is 57.2 Å². The van der Waals surface area contributed by atoms with E-state index in [1.807, 2.05) is 0 Å². The molecule has 60 heavy (non-hydrogen) atoms. The average Bonchev–Trinajstić information content (AvgIpc) is 3.51.